The molecule has 3 atom stereocenters. The van der Waals surface area contributed by atoms with Crippen LogP contribution >= 0.6 is 0 Å². The zero-order chi connectivity index (χ0) is 12.3. The number of methoxy groups -OCH3 is 1. The third-order valence-corrected chi connectivity index (χ3v) is 2.99. The summed E-state index contributed by atoms with van der Waals surface area (Å²) >= 11 is 0. The van der Waals surface area contributed by atoms with Gasteiger partial charge in [0.05, 0.1) is 18.8 Å². The molecule has 1 aromatic heterocycles. The summed E-state index contributed by atoms with van der Waals surface area (Å²) in [4.78, 5) is 4.13. The molecule has 0 saturated heterocycles. The zero-order valence-corrected chi connectivity index (χ0v) is 10.5. The van der Waals surface area contributed by atoms with Gasteiger partial charge in [-0.3, -0.25) is 0 Å². The summed E-state index contributed by atoms with van der Waals surface area (Å²) in [5.41, 5.74) is 0. The molecule has 0 radical (unpaired) electrons. The zero-order valence-electron chi connectivity index (χ0n) is 10.5. The van der Waals surface area contributed by atoms with E-state index in [0.717, 1.165) is 13.0 Å². The van der Waals surface area contributed by atoms with Crippen molar-refractivity contribution in [2.24, 2.45) is 0 Å². The number of aryl methyl sites for hydroxylation is 1. The van der Waals surface area contributed by atoms with Crippen LogP contribution in [-0.2, 0) is 16.0 Å². The largest absolute Gasteiger partial charge is 0.377 e. The van der Waals surface area contributed by atoms with Gasteiger partial charge in [0.2, 0.25) is 5.89 Å². The molecule has 0 bridgehead atoms. The summed E-state index contributed by atoms with van der Waals surface area (Å²) in [6.45, 7) is 5.10. The van der Waals surface area contributed by atoms with Crippen molar-refractivity contribution in [1.29, 1.82) is 0 Å². The standard InChI is InChI=1S/C11H19N3O3/c1-4-16-9-5-8(11(9)15-3)12-6-10-13-7(2)17-14-10/h8-9,11-12H,4-6H2,1-3H3. The molecule has 1 aliphatic rings. The van der Waals surface area contributed by atoms with Gasteiger partial charge in [0.25, 0.3) is 0 Å². The number of ether oxygens (including phenoxy) is 2. The first-order valence-electron chi connectivity index (χ1n) is 5.91. The van der Waals surface area contributed by atoms with E-state index in [-0.39, 0.29) is 12.2 Å². The molecule has 0 aliphatic heterocycles. The highest BCUT2D eigenvalue weighted by Crippen LogP contribution is 2.26. The first-order chi connectivity index (χ1) is 8.24. The normalized spacial score (nSPS) is 28.1. The Morgan fingerprint density at radius 2 is 2.35 bits per heavy atom. The second kappa shape index (κ2) is 5.57. The summed E-state index contributed by atoms with van der Waals surface area (Å²) < 4.78 is 15.9. The van der Waals surface area contributed by atoms with Crippen LogP contribution in [0.3, 0.4) is 0 Å². The molecule has 3 unspecified atom stereocenters. The first-order valence-corrected chi connectivity index (χ1v) is 5.91. The molecule has 96 valence electrons. The van der Waals surface area contributed by atoms with E-state index >= 15 is 0 Å². The summed E-state index contributed by atoms with van der Waals surface area (Å²) in [5, 5.41) is 7.18. The van der Waals surface area contributed by atoms with Crippen molar-refractivity contribution in [2.45, 2.75) is 45.1 Å². The molecule has 1 N–H and O–H groups in total. The fourth-order valence-electron chi connectivity index (χ4n) is 2.11. The van der Waals surface area contributed by atoms with E-state index in [2.05, 4.69) is 15.5 Å². The number of rotatable bonds is 6. The van der Waals surface area contributed by atoms with Crippen molar-refractivity contribution in [2.75, 3.05) is 13.7 Å². The Morgan fingerprint density at radius 1 is 1.53 bits per heavy atom. The van der Waals surface area contributed by atoms with Crippen molar-refractivity contribution in [3.05, 3.63) is 11.7 Å². The molecule has 2 rings (SSSR count). The summed E-state index contributed by atoms with van der Waals surface area (Å²) in [7, 11) is 1.71. The molecule has 0 spiro atoms. The van der Waals surface area contributed by atoms with Gasteiger partial charge in [-0.25, -0.2) is 0 Å². The number of nitrogens with one attached hydrogen (secondary N) is 1. The lowest BCUT2D eigenvalue weighted by molar-refractivity contribution is -0.131. The highest BCUT2D eigenvalue weighted by Gasteiger charge is 2.41. The first kappa shape index (κ1) is 12.5. The Hall–Kier alpha value is -0.980. The van der Waals surface area contributed by atoms with Crippen molar-refractivity contribution < 1.29 is 14.0 Å². The van der Waals surface area contributed by atoms with Crippen LogP contribution in [0.25, 0.3) is 0 Å². The molecule has 1 heterocycles. The van der Waals surface area contributed by atoms with E-state index in [1.54, 1.807) is 14.0 Å². The molecular weight excluding hydrogens is 222 g/mol. The van der Waals surface area contributed by atoms with Gasteiger partial charge in [0, 0.05) is 26.7 Å². The molecule has 1 aromatic rings. The van der Waals surface area contributed by atoms with Gasteiger partial charge in [0.1, 0.15) is 0 Å². The molecule has 6 nitrogen and oxygen atoms in total. The average molecular weight is 241 g/mol. The number of hydrogen-bond acceptors (Lipinski definition) is 6. The van der Waals surface area contributed by atoms with E-state index in [4.69, 9.17) is 14.0 Å². The smallest absolute Gasteiger partial charge is 0.223 e. The van der Waals surface area contributed by atoms with Crippen LogP contribution in [0.1, 0.15) is 25.1 Å². The van der Waals surface area contributed by atoms with E-state index in [9.17, 15) is 0 Å². The minimum absolute atomic E-state index is 0.114. The van der Waals surface area contributed by atoms with Crippen molar-refractivity contribution in [3.63, 3.8) is 0 Å². The van der Waals surface area contributed by atoms with Crippen LogP contribution in [-0.4, -0.2) is 42.1 Å². The Bertz CT molecular complexity index is 355. The van der Waals surface area contributed by atoms with Gasteiger partial charge < -0.3 is 19.3 Å². The molecular formula is C11H19N3O3. The second-order valence-corrected chi connectivity index (χ2v) is 4.15. The Kier molecular flexibility index (Phi) is 4.09. The lowest BCUT2D eigenvalue weighted by Crippen LogP contribution is -2.59. The maximum Gasteiger partial charge on any atom is 0.223 e. The number of nitrogens with zero attached hydrogens (tertiary/aromatic N) is 2. The lowest BCUT2D eigenvalue weighted by atomic mass is 9.85. The highest BCUT2D eigenvalue weighted by molar-refractivity contribution is 4.98. The van der Waals surface area contributed by atoms with Gasteiger partial charge in [-0.2, -0.15) is 4.98 Å². The second-order valence-electron chi connectivity index (χ2n) is 4.15. The topological polar surface area (TPSA) is 69.4 Å². The minimum Gasteiger partial charge on any atom is -0.377 e. The monoisotopic (exact) mass is 241 g/mol. The Morgan fingerprint density at radius 3 is 2.94 bits per heavy atom. The minimum atomic E-state index is 0.114. The van der Waals surface area contributed by atoms with Crippen LogP contribution < -0.4 is 5.32 Å². The van der Waals surface area contributed by atoms with Gasteiger partial charge >= 0.3 is 0 Å². The van der Waals surface area contributed by atoms with Gasteiger partial charge in [-0.05, 0) is 13.3 Å². The molecule has 0 amide bonds. The summed E-state index contributed by atoms with van der Waals surface area (Å²) in [6, 6.07) is 0.301. The highest BCUT2D eigenvalue weighted by atomic mass is 16.5. The van der Waals surface area contributed by atoms with Crippen LogP contribution in [0.15, 0.2) is 4.52 Å². The van der Waals surface area contributed by atoms with Gasteiger partial charge in [-0.15, -0.1) is 0 Å². The Labute approximate surface area is 101 Å². The van der Waals surface area contributed by atoms with Gasteiger partial charge in [0.15, 0.2) is 5.82 Å². The van der Waals surface area contributed by atoms with Crippen molar-refractivity contribution >= 4 is 0 Å². The summed E-state index contributed by atoms with van der Waals surface area (Å²) in [5.74, 6) is 1.27. The molecule has 6 heteroatoms. The quantitative estimate of drug-likeness (QED) is 0.789. The lowest BCUT2D eigenvalue weighted by Gasteiger charge is -2.43. The molecule has 1 fully saturated rings. The third kappa shape index (κ3) is 2.83. The maximum atomic E-state index is 5.55. The number of aromatic nitrogens is 2. The molecule has 0 aromatic carbocycles. The fourth-order valence-corrected chi connectivity index (χ4v) is 2.11. The van der Waals surface area contributed by atoms with Crippen LogP contribution in [0, 0.1) is 6.92 Å². The van der Waals surface area contributed by atoms with Crippen LogP contribution in [0.2, 0.25) is 0 Å². The SMILES string of the molecule is CCOC1CC(NCc2noc(C)n2)C1OC. The molecule has 1 aliphatic carbocycles. The third-order valence-electron chi connectivity index (χ3n) is 2.99. The van der Waals surface area contributed by atoms with E-state index in [1.807, 2.05) is 6.92 Å². The Balaban J connectivity index is 1.77. The predicted molar refractivity (Wildman–Crippen MR) is 60.5 cm³/mol. The van der Waals surface area contributed by atoms with Crippen LogP contribution in [0.5, 0.6) is 0 Å². The van der Waals surface area contributed by atoms with Crippen LogP contribution in [0.4, 0.5) is 0 Å². The predicted octanol–water partition coefficient (Wildman–Crippen LogP) is 0.660. The average Bonchev–Trinajstić information content (AvgIpc) is 2.69. The van der Waals surface area contributed by atoms with Crippen molar-refractivity contribution in [3.8, 4) is 0 Å². The number of hydrogen-bond donors (Lipinski definition) is 1. The fraction of sp³-hybridized carbons (Fsp3) is 0.818. The van der Waals surface area contributed by atoms with E-state index in [1.165, 1.54) is 0 Å². The van der Waals surface area contributed by atoms with E-state index < -0.39 is 0 Å². The van der Waals surface area contributed by atoms with E-state index in [0.29, 0.717) is 24.3 Å². The molecule has 1 saturated carbocycles. The van der Waals surface area contributed by atoms with Gasteiger partial charge in [-0.1, -0.05) is 5.16 Å². The van der Waals surface area contributed by atoms with Crippen molar-refractivity contribution in [1.82, 2.24) is 15.5 Å². The maximum absolute atomic E-state index is 5.55. The molecule has 17 heavy (non-hydrogen) atoms. The summed E-state index contributed by atoms with van der Waals surface area (Å²) in [6.07, 6.45) is 1.28.